The number of carbonyl (C=O) groups is 2. The largest absolute Gasteiger partial charge is 0.494 e. The Morgan fingerprint density at radius 1 is 0.958 bits per heavy atom. The van der Waals surface area contributed by atoms with E-state index >= 15 is 0 Å². The molecule has 0 unspecified atom stereocenters. The van der Waals surface area contributed by atoms with E-state index in [-0.39, 0.29) is 6.54 Å². The molecule has 0 spiro atoms. The van der Waals surface area contributed by atoms with Gasteiger partial charge in [0.05, 0.1) is 6.61 Å². The topological polar surface area (TPSA) is 67.4 Å². The number of amides is 2. The highest BCUT2D eigenvalue weighted by molar-refractivity contribution is 6.39. The first-order valence-electron chi connectivity index (χ1n) is 7.87. The van der Waals surface area contributed by atoms with Crippen molar-refractivity contribution in [2.75, 3.05) is 11.9 Å². The second kappa shape index (κ2) is 8.15. The molecule has 5 nitrogen and oxygen atoms in total. The Kier molecular flexibility index (Phi) is 5.95. The summed E-state index contributed by atoms with van der Waals surface area (Å²) in [6.07, 6.45) is 0. The molecule has 24 heavy (non-hydrogen) atoms. The van der Waals surface area contributed by atoms with Crippen molar-refractivity contribution in [3.8, 4) is 5.75 Å². The first-order chi connectivity index (χ1) is 11.5. The molecular formula is C19H22N2O3. The van der Waals surface area contributed by atoms with Gasteiger partial charge in [-0.25, -0.2) is 0 Å². The highest BCUT2D eigenvalue weighted by Crippen LogP contribution is 2.14. The predicted octanol–water partition coefficient (Wildman–Crippen LogP) is 2.96. The predicted molar refractivity (Wildman–Crippen MR) is 94.0 cm³/mol. The van der Waals surface area contributed by atoms with E-state index in [2.05, 4.69) is 10.6 Å². The zero-order valence-electron chi connectivity index (χ0n) is 14.2. The van der Waals surface area contributed by atoms with Gasteiger partial charge in [0.1, 0.15) is 5.75 Å². The fourth-order valence-electron chi connectivity index (χ4n) is 2.14. The van der Waals surface area contributed by atoms with Crippen LogP contribution in [-0.4, -0.2) is 18.4 Å². The van der Waals surface area contributed by atoms with Crippen LogP contribution in [0.25, 0.3) is 0 Å². The van der Waals surface area contributed by atoms with Gasteiger partial charge in [-0.1, -0.05) is 18.2 Å². The van der Waals surface area contributed by atoms with Gasteiger partial charge in [0.2, 0.25) is 0 Å². The summed E-state index contributed by atoms with van der Waals surface area (Å²) < 4.78 is 5.36. The molecule has 0 bridgehead atoms. The van der Waals surface area contributed by atoms with E-state index in [1.807, 2.05) is 57.2 Å². The third-order valence-corrected chi connectivity index (χ3v) is 3.66. The van der Waals surface area contributed by atoms with Crippen LogP contribution in [0.3, 0.4) is 0 Å². The molecule has 0 aliphatic carbocycles. The van der Waals surface area contributed by atoms with E-state index in [4.69, 9.17) is 4.74 Å². The summed E-state index contributed by atoms with van der Waals surface area (Å²) in [6, 6.07) is 12.9. The Morgan fingerprint density at radius 3 is 2.29 bits per heavy atom. The van der Waals surface area contributed by atoms with E-state index in [1.165, 1.54) is 0 Å². The average molecular weight is 326 g/mol. The van der Waals surface area contributed by atoms with E-state index in [1.54, 1.807) is 6.07 Å². The quantitative estimate of drug-likeness (QED) is 0.830. The fraction of sp³-hybridized carbons (Fsp3) is 0.263. The molecule has 2 aromatic carbocycles. The van der Waals surface area contributed by atoms with Crippen LogP contribution in [0.5, 0.6) is 5.75 Å². The van der Waals surface area contributed by atoms with Gasteiger partial charge in [-0.2, -0.15) is 0 Å². The molecule has 0 aliphatic rings. The van der Waals surface area contributed by atoms with Crippen molar-refractivity contribution >= 4 is 17.5 Å². The minimum Gasteiger partial charge on any atom is -0.494 e. The number of nitrogens with one attached hydrogen (secondary N) is 2. The first-order valence-corrected chi connectivity index (χ1v) is 7.87. The van der Waals surface area contributed by atoms with E-state index in [0.717, 1.165) is 22.4 Å². The number of hydrogen-bond donors (Lipinski definition) is 2. The van der Waals surface area contributed by atoms with Crippen molar-refractivity contribution in [1.29, 1.82) is 0 Å². The number of hydrogen-bond acceptors (Lipinski definition) is 3. The average Bonchev–Trinajstić information content (AvgIpc) is 2.57. The molecule has 2 amide bonds. The molecule has 5 heteroatoms. The second-order valence-electron chi connectivity index (χ2n) is 5.51. The van der Waals surface area contributed by atoms with Gasteiger partial charge in [0.15, 0.2) is 0 Å². The fourth-order valence-corrected chi connectivity index (χ4v) is 2.14. The zero-order chi connectivity index (χ0) is 17.5. The molecule has 0 saturated heterocycles. The number of carbonyl (C=O) groups excluding carboxylic acids is 2. The summed E-state index contributed by atoms with van der Waals surface area (Å²) in [7, 11) is 0. The Labute approximate surface area is 142 Å². The van der Waals surface area contributed by atoms with Crippen LogP contribution in [0.2, 0.25) is 0 Å². The molecule has 0 radical (unpaired) electrons. The number of aryl methyl sites for hydroxylation is 2. The van der Waals surface area contributed by atoms with Crippen LogP contribution in [-0.2, 0) is 16.1 Å². The van der Waals surface area contributed by atoms with Crippen LogP contribution in [0.15, 0.2) is 42.5 Å². The summed E-state index contributed by atoms with van der Waals surface area (Å²) in [5.74, 6) is -0.564. The van der Waals surface area contributed by atoms with E-state index < -0.39 is 11.8 Å². The molecule has 0 fully saturated rings. The Hall–Kier alpha value is -2.82. The van der Waals surface area contributed by atoms with Gasteiger partial charge >= 0.3 is 11.8 Å². The number of anilines is 1. The molecule has 126 valence electrons. The van der Waals surface area contributed by atoms with Crippen molar-refractivity contribution in [2.24, 2.45) is 0 Å². The Morgan fingerprint density at radius 2 is 1.67 bits per heavy atom. The van der Waals surface area contributed by atoms with E-state index in [0.29, 0.717) is 12.3 Å². The molecule has 0 aromatic heterocycles. The van der Waals surface area contributed by atoms with Crippen molar-refractivity contribution in [2.45, 2.75) is 27.3 Å². The van der Waals surface area contributed by atoms with Crippen molar-refractivity contribution in [1.82, 2.24) is 5.32 Å². The standard InChI is InChI=1S/C19H22N2O3/c1-4-24-17-9-6-15(7-10-17)12-20-18(22)19(23)21-16-8-5-13(2)14(3)11-16/h5-11H,4,12H2,1-3H3,(H,20,22)(H,21,23). The summed E-state index contributed by atoms with van der Waals surface area (Å²) in [5, 5.41) is 5.21. The van der Waals surface area contributed by atoms with Gasteiger partial charge in [0.25, 0.3) is 0 Å². The van der Waals surface area contributed by atoms with Crippen LogP contribution in [0, 0.1) is 13.8 Å². The summed E-state index contributed by atoms with van der Waals surface area (Å²) in [5.41, 5.74) is 3.70. The maximum atomic E-state index is 11.9. The smallest absolute Gasteiger partial charge is 0.313 e. The van der Waals surface area contributed by atoms with Crippen LogP contribution in [0.1, 0.15) is 23.6 Å². The third-order valence-electron chi connectivity index (χ3n) is 3.66. The molecule has 2 aromatic rings. The van der Waals surface area contributed by atoms with Gasteiger partial charge < -0.3 is 15.4 Å². The monoisotopic (exact) mass is 326 g/mol. The Bertz CT molecular complexity index is 724. The van der Waals surface area contributed by atoms with Crippen molar-refractivity contribution < 1.29 is 14.3 Å². The van der Waals surface area contributed by atoms with Crippen LogP contribution < -0.4 is 15.4 Å². The van der Waals surface area contributed by atoms with Crippen LogP contribution >= 0.6 is 0 Å². The normalized spacial score (nSPS) is 10.1. The van der Waals surface area contributed by atoms with Crippen molar-refractivity contribution in [3.63, 3.8) is 0 Å². The molecule has 0 atom stereocenters. The molecular weight excluding hydrogens is 304 g/mol. The lowest BCUT2D eigenvalue weighted by molar-refractivity contribution is -0.136. The van der Waals surface area contributed by atoms with Gasteiger partial charge in [-0.15, -0.1) is 0 Å². The number of rotatable bonds is 5. The molecule has 2 N–H and O–H groups in total. The Balaban J connectivity index is 1.87. The lowest BCUT2D eigenvalue weighted by Crippen LogP contribution is -2.34. The SMILES string of the molecule is CCOc1ccc(CNC(=O)C(=O)Nc2ccc(C)c(C)c2)cc1. The highest BCUT2D eigenvalue weighted by atomic mass is 16.5. The minimum atomic E-state index is -0.677. The minimum absolute atomic E-state index is 0.283. The van der Waals surface area contributed by atoms with Crippen LogP contribution in [0.4, 0.5) is 5.69 Å². The first kappa shape index (κ1) is 17.5. The molecule has 2 rings (SSSR count). The maximum Gasteiger partial charge on any atom is 0.313 e. The summed E-state index contributed by atoms with van der Waals surface area (Å²) in [4.78, 5) is 23.8. The maximum absolute atomic E-state index is 11.9. The summed E-state index contributed by atoms with van der Waals surface area (Å²) in [6.45, 7) is 6.75. The molecule has 0 aliphatic heterocycles. The van der Waals surface area contributed by atoms with Gasteiger partial charge in [-0.05, 0) is 61.7 Å². The van der Waals surface area contributed by atoms with Gasteiger partial charge in [0, 0.05) is 12.2 Å². The lowest BCUT2D eigenvalue weighted by atomic mass is 10.1. The number of ether oxygens (including phenoxy) is 1. The van der Waals surface area contributed by atoms with Gasteiger partial charge in [-0.3, -0.25) is 9.59 Å². The zero-order valence-corrected chi connectivity index (χ0v) is 14.2. The second-order valence-corrected chi connectivity index (χ2v) is 5.51. The van der Waals surface area contributed by atoms with E-state index in [9.17, 15) is 9.59 Å². The summed E-state index contributed by atoms with van der Waals surface area (Å²) >= 11 is 0. The third kappa shape index (κ3) is 4.84. The molecule has 0 saturated carbocycles. The lowest BCUT2D eigenvalue weighted by Gasteiger charge is -2.09. The number of benzene rings is 2. The van der Waals surface area contributed by atoms with Crippen molar-refractivity contribution in [3.05, 3.63) is 59.2 Å². The molecule has 0 heterocycles. The highest BCUT2D eigenvalue weighted by Gasteiger charge is 2.13.